The molecule has 0 atom stereocenters. The number of ketones is 1. The van der Waals surface area contributed by atoms with Gasteiger partial charge in [-0.2, -0.15) is 0 Å². The van der Waals surface area contributed by atoms with Crippen molar-refractivity contribution in [3.63, 3.8) is 0 Å². The highest BCUT2D eigenvalue weighted by Crippen LogP contribution is 2.17. The molecule has 0 aliphatic carbocycles. The van der Waals surface area contributed by atoms with Gasteiger partial charge >= 0.3 is 0 Å². The summed E-state index contributed by atoms with van der Waals surface area (Å²) in [6.45, 7) is 3.24. The Hall–Kier alpha value is -1.90. The summed E-state index contributed by atoms with van der Waals surface area (Å²) in [5.74, 6) is 0.616. The summed E-state index contributed by atoms with van der Waals surface area (Å²) in [5, 5.41) is 0.517. The molecule has 0 saturated carbocycles. The molecule has 0 fully saturated rings. The average Bonchev–Trinajstić information content (AvgIpc) is 2.15. The monoisotopic (exact) mass is 216 g/mol. The highest BCUT2D eigenvalue weighted by atomic mass is 16.3. The van der Waals surface area contributed by atoms with Crippen molar-refractivity contribution in [3.05, 3.63) is 45.8 Å². The third-order valence-corrected chi connectivity index (χ3v) is 2.40. The lowest BCUT2D eigenvalue weighted by Crippen LogP contribution is -2.06. The second kappa shape index (κ2) is 3.93. The predicted octanol–water partition coefficient (Wildman–Crippen LogP) is 2.23. The van der Waals surface area contributed by atoms with Gasteiger partial charge in [0.15, 0.2) is 5.43 Å². The number of rotatable bonds is 2. The van der Waals surface area contributed by atoms with Gasteiger partial charge in [0.1, 0.15) is 17.1 Å². The van der Waals surface area contributed by atoms with Gasteiger partial charge in [-0.3, -0.25) is 9.59 Å². The smallest absolute Gasteiger partial charge is 0.193 e. The maximum absolute atomic E-state index is 11.8. The van der Waals surface area contributed by atoms with E-state index in [-0.39, 0.29) is 17.6 Å². The molecule has 1 aromatic heterocycles. The number of hydrogen-bond acceptors (Lipinski definition) is 3. The van der Waals surface area contributed by atoms with E-state index < -0.39 is 0 Å². The molecule has 0 unspecified atom stereocenters. The Morgan fingerprint density at radius 2 is 2.12 bits per heavy atom. The van der Waals surface area contributed by atoms with E-state index in [9.17, 15) is 9.59 Å². The normalized spacial score (nSPS) is 10.6. The maximum atomic E-state index is 11.8. The molecule has 1 aromatic carbocycles. The average molecular weight is 216 g/mol. The molecule has 0 bridgehead atoms. The van der Waals surface area contributed by atoms with E-state index in [0.717, 1.165) is 5.56 Å². The van der Waals surface area contributed by atoms with Crippen LogP contribution in [0.2, 0.25) is 0 Å². The SMILES string of the molecule is CC(=O)Cc1cccc2oc(C)cc(=O)c12. The number of carbonyl (C=O) groups is 1. The zero-order valence-electron chi connectivity index (χ0n) is 9.24. The molecule has 0 N–H and O–H groups in total. The molecule has 0 aliphatic rings. The van der Waals surface area contributed by atoms with Gasteiger partial charge in [-0.05, 0) is 25.5 Å². The molecule has 3 nitrogen and oxygen atoms in total. The standard InChI is InChI=1S/C13H12O3/c1-8(14)6-10-4-3-5-12-13(10)11(15)7-9(2)16-12/h3-5,7H,6H2,1-2H3. The molecule has 0 saturated heterocycles. The molecule has 0 amide bonds. The Kier molecular flexibility index (Phi) is 2.60. The Morgan fingerprint density at radius 3 is 2.81 bits per heavy atom. The summed E-state index contributed by atoms with van der Waals surface area (Å²) in [7, 11) is 0. The van der Waals surface area contributed by atoms with E-state index in [1.165, 1.54) is 13.0 Å². The van der Waals surface area contributed by atoms with Gasteiger partial charge < -0.3 is 4.42 Å². The van der Waals surface area contributed by atoms with Crippen LogP contribution in [-0.4, -0.2) is 5.78 Å². The van der Waals surface area contributed by atoms with E-state index in [4.69, 9.17) is 4.42 Å². The summed E-state index contributed by atoms with van der Waals surface area (Å²) in [6, 6.07) is 6.78. The molecule has 82 valence electrons. The second-order valence-corrected chi connectivity index (χ2v) is 3.89. The lowest BCUT2D eigenvalue weighted by Gasteiger charge is -2.03. The summed E-state index contributed by atoms with van der Waals surface area (Å²) in [5.41, 5.74) is 1.19. The van der Waals surface area contributed by atoms with E-state index >= 15 is 0 Å². The van der Waals surface area contributed by atoms with Crippen LogP contribution in [0.25, 0.3) is 11.0 Å². The minimum absolute atomic E-state index is 0.0347. The lowest BCUT2D eigenvalue weighted by atomic mass is 10.0. The predicted molar refractivity (Wildman–Crippen MR) is 61.6 cm³/mol. The molecule has 2 rings (SSSR count). The lowest BCUT2D eigenvalue weighted by molar-refractivity contribution is -0.116. The fourth-order valence-corrected chi connectivity index (χ4v) is 1.82. The van der Waals surface area contributed by atoms with Crippen LogP contribution >= 0.6 is 0 Å². The first-order valence-electron chi connectivity index (χ1n) is 5.09. The summed E-state index contributed by atoms with van der Waals surface area (Å²) in [6.07, 6.45) is 0.269. The van der Waals surface area contributed by atoms with Crippen molar-refractivity contribution in [2.45, 2.75) is 20.3 Å². The Balaban J connectivity index is 2.76. The molecular formula is C13H12O3. The number of Topliss-reactive ketones (excluding diaryl/α,β-unsaturated/α-hetero) is 1. The summed E-state index contributed by atoms with van der Waals surface area (Å²) in [4.78, 5) is 22.9. The van der Waals surface area contributed by atoms with Gasteiger partial charge in [0, 0.05) is 12.5 Å². The molecule has 2 aromatic rings. The molecule has 0 spiro atoms. The molecular weight excluding hydrogens is 204 g/mol. The van der Waals surface area contributed by atoms with Crippen molar-refractivity contribution in [1.29, 1.82) is 0 Å². The number of hydrogen-bond donors (Lipinski definition) is 0. The quantitative estimate of drug-likeness (QED) is 0.773. The van der Waals surface area contributed by atoms with Crippen molar-refractivity contribution >= 4 is 16.8 Å². The first-order valence-corrected chi connectivity index (χ1v) is 5.09. The van der Waals surface area contributed by atoms with Crippen molar-refractivity contribution in [1.82, 2.24) is 0 Å². The second-order valence-electron chi connectivity index (χ2n) is 3.89. The van der Waals surface area contributed by atoms with Gasteiger partial charge in [-0.1, -0.05) is 12.1 Å². The molecule has 0 aliphatic heterocycles. The van der Waals surface area contributed by atoms with Crippen LogP contribution in [0, 0.1) is 6.92 Å². The Labute approximate surface area is 92.7 Å². The highest BCUT2D eigenvalue weighted by Gasteiger charge is 2.08. The largest absolute Gasteiger partial charge is 0.461 e. The van der Waals surface area contributed by atoms with Crippen molar-refractivity contribution < 1.29 is 9.21 Å². The Bertz CT molecular complexity index is 608. The molecule has 1 heterocycles. The number of aryl methyl sites for hydroxylation is 1. The maximum Gasteiger partial charge on any atom is 0.193 e. The van der Waals surface area contributed by atoms with Gasteiger partial charge in [-0.25, -0.2) is 0 Å². The van der Waals surface area contributed by atoms with Gasteiger partial charge in [0.25, 0.3) is 0 Å². The minimum Gasteiger partial charge on any atom is -0.461 e. The third kappa shape index (κ3) is 1.89. The minimum atomic E-state index is -0.0874. The van der Waals surface area contributed by atoms with Crippen LogP contribution < -0.4 is 5.43 Å². The van der Waals surface area contributed by atoms with Gasteiger partial charge in [0.2, 0.25) is 0 Å². The highest BCUT2D eigenvalue weighted by molar-refractivity contribution is 5.87. The van der Waals surface area contributed by atoms with E-state index in [1.807, 2.05) is 0 Å². The first-order chi connectivity index (χ1) is 7.58. The van der Waals surface area contributed by atoms with Crippen LogP contribution in [0.3, 0.4) is 0 Å². The summed E-state index contributed by atoms with van der Waals surface area (Å²) < 4.78 is 5.45. The molecule has 16 heavy (non-hydrogen) atoms. The fourth-order valence-electron chi connectivity index (χ4n) is 1.82. The van der Waals surface area contributed by atoms with E-state index in [1.54, 1.807) is 25.1 Å². The fraction of sp³-hybridized carbons (Fsp3) is 0.231. The van der Waals surface area contributed by atoms with Crippen LogP contribution in [0.4, 0.5) is 0 Å². The first kappa shape index (κ1) is 10.6. The molecule has 0 radical (unpaired) electrons. The van der Waals surface area contributed by atoms with Crippen LogP contribution in [0.1, 0.15) is 18.2 Å². The number of carbonyl (C=O) groups excluding carboxylic acids is 1. The van der Waals surface area contributed by atoms with Gasteiger partial charge in [0.05, 0.1) is 5.39 Å². The van der Waals surface area contributed by atoms with Crippen LogP contribution in [-0.2, 0) is 11.2 Å². The topological polar surface area (TPSA) is 47.3 Å². The third-order valence-electron chi connectivity index (χ3n) is 2.40. The zero-order valence-corrected chi connectivity index (χ0v) is 9.24. The van der Waals surface area contributed by atoms with Crippen molar-refractivity contribution in [3.8, 4) is 0 Å². The van der Waals surface area contributed by atoms with Crippen molar-refractivity contribution in [2.75, 3.05) is 0 Å². The van der Waals surface area contributed by atoms with Gasteiger partial charge in [-0.15, -0.1) is 0 Å². The zero-order chi connectivity index (χ0) is 11.7. The summed E-state index contributed by atoms with van der Waals surface area (Å²) >= 11 is 0. The van der Waals surface area contributed by atoms with Crippen molar-refractivity contribution in [2.24, 2.45) is 0 Å². The molecule has 3 heteroatoms. The Morgan fingerprint density at radius 1 is 1.38 bits per heavy atom. The number of benzene rings is 1. The van der Waals surface area contributed by atoms with E-state index in [0.29, 0.717) is 16.7 Å². The van der Waals surface area contributed by atoms with Crippen LogP contribution in [0.5, 0.6) is 0 Å². The van der Waals surface area contributed by atoms with E-state index in [2.05, 4.69) is 0 Å². The number of fused-ring (bicyclic) bond motifs is 1. The van der Waals surface area contributed by atoms with Crippen LogP contribution in [0.15, 0.2) is 33.5 Å².